The van der Waals surface area contributed by atoms with Crippen molar-refractivity contribution in [3.05, 3.63) is 23.3 Å². The summed E-state index contributed by atoms with van der Waals surface area (Å²) in [5.74, 6) is -2.40. The van der Waals surface area contributed by atoms with Gasteiger partial charge in [-0.15, -0.1) is 0 Å². The van der Waals surface area contributed by atoms with E-state index in [1.165, 1.54) is 0 Å². The van der Waals surface area contributed by atoms with Gasteiger partial charge >= 0.3 is 11.9 Å². The second-order valence-corrected chi connectivity index (χ2v) is 3.65. The normalized spacial score (nSPS) is 14.9. The second-order valence-electron chi connectivity index (χ2n) is 3.65. The molecule has 1 atom stereocenters. The maximum Gasteiger partial charge on any atom is 0.328 e. The molecule has 84 valence electrons. The van der Waals surface area contributed by atoms with E-state index in [-0.39, 0.29) is 0 Å². The van der Waals surface area contributed by atoms with Crippen LogP contribution in [0.5, 0.6) is 0 Å². The SMILES string of the molecule is C/C(=C\C(=O)O)C/C(C)=C/[C@H](C)C(=O)O. The lowest BCUT2D eigenvalue weighted by molar-refractivity contribution is -0.139. The fraction of sp³-hybridized carbons (Fsp3) is 0.455. The molecule has 0 heterocycles. The van der Waals surface area contributed by atoms with Gasteiger partial charge in [-0.1, -0.05) is 17.2 Å². The molecule has 0 aliphatic rings. The zero-order chi connectivity index (χ0) is 12.0. The van der Waals surface area contributed by atoms with Gasteiger partial charge in [0.25, 0.3) is 0 Å². The first-order chi connectivity index (χ1) is 6.82. The third-order valence-electron chi connectivity index (χ3n) is 1.85. The Morgan fingerprint density at radius 2 is 1.73 bits per heavy atom. The largest absolute Gasteiger partial charge is 0.481 e. The molecular weight excluding hydrogens is 196 g/mol. The van der Waals surface area contributed by atoms with Crippen LogP contribution in [-0.2, 0) is 9.59 Å². The van der Waals surface area contributed by atoms with Gasteiger partial charge in [-0.25, -0.2) is 4.79 Å². The number of carbonyl (C=O) groups is 2. The first-order valence-corrected chi connectivity index (χ1v) is 4.63. The number of rotatable bonds is 5. The summed E-state index contributed by atoms with van der Waals surface area (Å²) >= 11 is 0. The van der Waals surface area contributed by atoms with E-state index < -0.39 is 17.9 Å². The smallest absolute Gasteiger partial charge is 0.328 e. The molecule has 0 aromatic rings. The molecule has 0 aromatic carbocycles. The first-order valence-electron chi connectivity index (χ1n) is 4.63. The van der Waals surface area contributed by atoms with Crippen LogP contribution in [0.2, 0.25) is 0 Å². The number of carboxylic acid groups (broad SMARTS) is 2. The van der Waals surface area contributed by atoms with Gasteiger partial charge in [0.2, 0.25) is 0 Å². The maximum absolute atomic E-state index is 10.5. The molecule has 0 saturated carbocycles. The van der Waals surface area contributed by atoms with Gasteiger partial charge in [0, 0.05) is 6.08 Å². The molecule has 15 heavy (non-hydrogen) atoms. The minimum atomic E-state index is -0.980. The number of aliphatic carboxylic acids is 2. The standard InChI is InChI=1S/C11H16O4/c1-7(5-9(3)11(14)15)4-8(2)6-10(12)13/h5-6,9H,4H2,1-3H3,(H,12,13)(H,14,15)/b7-5+,8-6+/t9-/m0/s1. The van der Waals surface area contributed by atoms with Crippen LogP contribution in [0.3, 0.4) is 0 Å². The van der Waals surface area contributed by atoms with Crippen molar-refractivity contribution in [2.75, 3.05) is 0 Å². The molecule has 0 aromatic heterocycles. The summed E-state index contributed by atoms with van der Waals surface area (Å²) in [6.45, 7) is 5.08. The van der Waals surface area contributed by atoms with E-state index in [9.17, 15) is 9.59 Å². The average molecular weight is 212 g/mol. The Morgan fingerprint density at radius 1 is 1.20 bits per heavy atom. The molecule has 0 fully saturated rings. The fourth-order valence-corrected chi connectivity index (χ4v) is 1.26. The van der Waals surface area contributed by atoms with Crippen LogP contribution in [0.15, 0.2) is 23.3 Å². The summed E-state index contributed by atoms with van der Waals surface area (Å²) in [7, 11) is 0. The van der Waals surface area contributed by atoms with Crippen molar-refractivity contribution in [3.63, 3.8) is 0 Å². The molecule has 0 saturated heterocycles. The monoisotopic (exact) mass is 212 g/mol. The fourth-order valence-electron chi connectivity index (χ4n) is 1.26. The van der Waals surface area contributed by atoms with Crippen LogP contribution < -0.4 is 0 Å². The van der Waals surface area contributed by atoms with E-state index in [0.717, 1.165) is 11.6 Å². The van der Waals surface area contributed by atoms with Gasteiger partial charge in [-0.3, -0.25) is 4.79 Å². The van der Waals surface area contributed by atoms with Gasteiger partial charge in [0.15, 0.2) is 0 Å². The molecule has 0 unspecified atom stereocenters. The summed E-state index contributed by atoms with van der Waals surface area (Å²) in [5.41, 5.74) is 1.56. The lowest BCUT2D eigenvalue weighted by Crippen LogP contribution is -2.06. The molecule has 0 spiro atoms. The summed E-state index contributed by atoms with van der Waals surface area (Å²) in [6, 6.07) is 0. The highest BCUT2D eigenvalue weighted by molar-refractivity contribution is 5.80. The molecule has 2 N–H and O–H groups in total. The predicted octanol–water partition coefficient (Wildman–Crippen LogP) is 2.07. The molecule has 0 bridgehead atoms. The molecule has 0 aliphatic carbocycles. The van der Waals surface area contributed by atoms with Gasteiger partial charge in [0.05, 0.1) is 5.92 Å². The third-order valence-corrected chi connectivity index (χ3v) is 1.85. The highest BCUT2D eigenvalue weighted by Gasteiger charge is 2.07. The maximum atomic E-state index is 10.5. The Balaban J connectivity index is 4.42. The highest BCUT2D eigenvalue weighted by atomic mass is 16.4. The zero-order valence-electron chi connectivity index (χ0n) is 9.15. The topological polar surface area (TPSA) is 74.6 Å². The first kappa shape index (κ1) is 13.4. The lowest BCUT2D eigenvalue weighted by atomic mass is 10.0. The quantitative estimate of drug-likeness (QED) is 0.540. The van der Waals surface area contributed by atoms with Crippen LogP contribution in [0, 0.1) is 5.92 Å². The van der Waals surface area contributed by atoms with E-state index in [2.05, 4.69) is 0 Å². The van der Waals surface area contributed by atoms with Crippen LogP contribution >= 0.6 is 0 Å². The number of allylic oxidation sites excluding steroid dienone is 2. The van der Waals surface area contributed by atoms with Crippen LogP contribution in [-0.4, -0.2) is 22.2 Å². The summed E-state index contributed by atoms with van der Waals surface area (Å²) < 4.78 is 0. The third kappa shape index (κ3) is 6.49. The van der Waals surface area contributed by atoms with Crippen molar-refractivity contribution >= 4 is 11.9 Å². The van der Waals surface area contributed by atoms with E-state index in [1.54, 1.807) is 26.8 Å². The Hall–Kier alpha value is -1.58. The van der Waals surface area contributed by atoms with E-state index >= 15 is 0 Å². The Morgan fingerprint density at radius 3 is 2.13 bits per heavy atom. The van der Waals surface area contributed by atoms with Gasteiger partial charge in [-0.2, -0.15) is 0 Å². The Kier molecular flexibility index (Phi) is 5.37. The minimum Gasteiger partial charge on any atom is -0.481 e. The van der Waals surface area contributed by atoms with Gasteiger partial charge < -0.3 is 10.2 Å². The molecular formula is C11H16O4. The Bertz CT molecular complexity index is 313. The molecule has 0 aliphatic heterocycles. The van der Waals surface area contributed by atoms with E-state index in [4.69, 9.17) is 10.2 Å². The van der Waals surface area contributed by atoms with Gasteiger partial charge in [-0.05, 0) is 27.2 Å². The zero-order valence-corrected chi connectivity index (χ0v) is 9.15. The minimum absolute atomic E-state index is 0.490. The van der Waals surface area contributed by atoms with E-state index in [0.29, 0.717) is 12.0 Å². The van der Waals surface area contributed by atoms with Crippen molar-refractivity contribution in [1.82, 2.24) is 0 Å². The molecule has 4 nitrogen and oxygen atoms in total. The summed E-state index contributed by atoms with van der Waals surface area (Å²) in [6.07, 6.45) is 3.24. The van der Waals surface area contributed by atoms with Crippen molar-refractivity contribution in [2.24, 2.45) is 5.92 Å². The van der Waals surface area contributed by atoms with Crippen molar-refractivity contribution in [1.29, 1.82) is 0 Å². The highest BCUT2D eigenvalue weighted by Crippen LogP contribution is 2.12. The number of hydrogen-bond acceptors (Lipinski definition) is 2. The number of carboxylic acids is 2. The van der Waals surface area contributed by atoms with Crippen LogP contribution in [0.4, 0.5) is 0 Å². The Labute approximate surface area is 88.9 Å². The molecule has 4 heteroatoms. The average Bonchev–Trinajstić information content (AvgIpc) is 2.00. The summed E-state index contributed by atoms with van der Waals surface area (Å²) in [5, 5.41) is 17.1. The molecule has 0 radical (unpaired) electrons. The van der Waals surface area contributed by atoms with Crippen molar-refractivity contribution in [2.45, 2.75) is 27.2 Å². The van der Waals surface area contributed by atoms with Crippen LogP contribution in [0.1, 0.15) is 27.2 Å². The number of hydrogen-bond donors (Lipinski definition) is 2. The lowest BCUT2D eigenvalue weighted by Gasteiger charge is -2.04. The second kappa shape index (κ2) is 6.01. The van der Waals surface area contributed by atoms with Crippen LogP contribution in [0.25, 0.3) is 0 Å². The summed E-state index contributed by atoms with van der Waals surface area (Å²) in [4.78, 5) is 20.9. The van der Waals surface area contributed by atoms with Gasteiger partial charge in [0.1, 0.15) is 0 Å². The van der Waals surface area contributed by atoms with Crippen molar-refractivity contribution < 1.29 is 19.8 Å². The molecule has 0 rings (SSSR count). The van der Waals surface area contributed by atoms with E-state index in [1.807, 2.05) is 0 Å². The van der Waals surface area contributed by atoms with Crippen molar-refractivity contribution in [3.8, 4) is 0 Å². The predicted molar refractivity (Wildman–Crippen MR) is 56.6 cm³/mol. The molecule has 0 amide bonds.